The van der Waals surface area contributed by atoms with Gasteiger partial charge < -0.3 is 15.1 Å². The van der Waals surface area contributed by atoms with E-state index in [9.17, 15) is 15.0 Å². The number of aliphatic hydroxyl groups is 1. The number of hydrogen-bond donors (Lipinski definition) is 2. The summed E-state index contributed by atoms with van der Waals surface area (Å²) < 4.78 is 1.75. The van der Waals surface area contributed by atoms with Gasteiger partial charge in [0.25, 0.3) is 0 Å². The number of fused-ring (bicyclic) bond motifs is 1. The summed E-state index contributed by atoms with van der Waals surface area (Å²) in [5.74, 6) is -0.595. The van der Waals surface area contributed by atoms with Crippen LogP contribution in [0.1, 0.15) is 22.5 Å². The number of aromatic carboxylic acids is 1. The lowest BCUT2D eigenvalue weighted by Crippen LogP contribution is -2.36. The highest BCUT2D eigenvalue weighted by molar-refractivity contribution is 5.87. The lowest BCUT2D eigenvalue weighted by atomic mass is 9.94. The molecule has 0 aliphatic carbocycles. The van der Waals surface area contributed by atoms with Crippen molar-refractivity contribution < 1.29 is 15.0 Å². The van der Waals surface area contributed by atoms with Gasteiger partial charge in [0.05, 0.1) is 5.60 Å². The first-order valence-corrected chi connectivity index (χ1v) is 8.13. The Labute approximate surface area is 144 Å². The van der Waals surface area contributed by atoms with E-state index in [4.69, 9.17) is 0 Å². The molecular weight excluding hydrogens is 320 g/mol. The lowest BCUT2D eigenvalue weighted by molar-refractivity contribution is 0.0636. The number of carboxylic acid groups (broad SMARTS) is 1. The molecule has 2 aromatic heterocycles. The summed E-state index contributed by atoms with van der Waals surface area (Å²) in [5.41, 5.74) is 0.690. The van der Waals surface area contributed by atoms with E-state index < -0.39 is 11.6 Å². The van der Waals surface area contributed by atoms with Gasteiger partial charge in [-0.1, -0.05) is 30.3 Å². The Kier molecular flexibility index (Phi) is 3.65. The van der Waals surface area contributed by atoms with Crippen LogP contribution in [0.25, 0.3) is 5.65 Å². The molecule has 0 bridgehead atoms. The minimum absolute atomic E-state index is 0.0489. The van der Waals surface area contributed by atoms with Crippen molar-refractivity contribution in [3.63, 3.8) is 0 Å². The summed E-state index contributed by atoms with van der Waals surface area (Å²) >= 11 is 0. The molecule has 0 saturated carbocycles. The first-order valence-electron chi connectivity index (χ1n) is 8.13. The van der Waals surface area contributed by atoms with Crippen molar-refractivity contribution in [2.75, 3.05) is 18.0 Å². The Hall–Kier alpha value is -2.93. The van der Waals surface area contributed by atoms with Gasteiger partial charge in [0.1, 0.15) is 5.65 Å². The quantitative estimate of drug-likeness (QED) is 0.751. The van der Waals surface area contributed by atoms with Crippen LogP contribution in [0.4, 0.5) is 5.95 Å². The van der Waals surface area contributed by atoms with Crippen molar-refractivity contribution in [1.82, 2.24) is 14.4 Å². The fourth-order valence-corrected chi connectivity index (χ4v) is 3.39. The predicted molar refractivity (Wildman–Crippen MR) is 91.9 cm³/mol. The van der Waals surface area contributed by atoms with Crippen molar-refractivity contribution in [2.45, 2.75) is 18.4 Å². The van der Waals surface area contributed by atoms with Crippen LogP contribution in [0.3, 0.4) is 0 Å². The maximum atomic E-state index is 11.3. The molecule has 1 unspecified atom stereocenters. The second-order valence-corrected chi connectivity index (χ2v) is 6.46. The standard InChI is InChI=1S/C18H18N4O3/c23-16(24)14-10-15-19-7-9-22(15)17(20-14)21-8-6-18(25,12-21)11-13-4-2-1-3-5-13/h1-5,7,9-10,25H,6,8,11-12H2,(H,23,24). The normalized spacial score (nSPS) is 20.3. The van der Waals surface area contributed by atoms with Crippen molar-refractivity contribution >= 4 is 17.6 Å². The number of imidazole rings is 1. The summed E-state index contributed by atoms with van der Waals surface area (Å²) in [4.78, 5) is 21.7. The molecule has 0 amide bonds. The molecule has 7 nitrogen and oxygen atoms in total. The minimum atomic E-state index is -1.09. The Balaban J connectivity index is 1.64. The van der Waals surface area contributed by atoms with Crippen LogP contribution in [0.2, 0.25) is 0 Å². The second-order valence-electron chi connectivity index (χ2n) is 6.46. The molecule has 0 spiro atoms. The molecule has 1 fully saturated rings. The molecule has 3 heterocycles. The van der Waals surface area contributed by atoms with Crippen molar-refractivity contribution in [3.05, 3.63) is 60.0 Å². The Morgan fingerprint density at radius 3 is 2.84 bits per heavy atom. The van der Waals surface area contributed by atoms with Crippen LogP contribution in [0.15, 0.2) is 48.8 Å². The number of anilines is 1. The van der Waals surface area contributed by atoms with E-state index in [0.29, 0.717) is 37.5 Å². The van der Waals surface area contributed by atoms with Crippen molar-refractivity contribution in [3.8, 4) is 0 Å². The summed E-state index contributed by atoms with van der Waals surface area (Å²) in [6.07, 6.45) is 4.50. The Bertz CT molecular complexity index is 924. The molecule has 1 aliphatic heterocycles. The molecule has 128 valence electrons. The van der Waals surface area contributed by atoms with E-state index in [2.05, 4.69) is 9.97 Å². The monoisotopic (exact) mass is 338 g/mol. The van der Waals surface area contributed by atoms with Gasteiger partial charge in [-0.05, 0) is 12.0 Å². The zero-order valence-corrected chi connectivity index (χ0v) is 13.5. The number of β-amino-alcohol motifs (C(OH)–C–C–N with tert-alkyl or cyclic N) is 1. The van der Waals surface area contributed by atoms with Gasteiger partial charge in [0, 0.05) is 38.0 Å². The van der Waals surface area contributed by atoms with Crippen LogP contribution >= 0.6 is 0 Å². The highest BCUT2D eigenvalue weighted by Crippen LogP contribution is 2.29. The van der Waals surface area contributed by atoms with Gasteiger partial charge in [-0.2, -0.15) is 0 Å². The third-order valence-corrected chi connectivity index (χ3v) is 4.58. The van der Waals surface area contributed by atoms with Crippen LogP contribution in [-0.4, -0.2) is 49.2 Å². The molecule has 1 aromatic carbocycles. The van der Waals surface area contributed by atoms with Gasteiger partial charge in [0.2, 0.25) is 5.95 Å². The largest absolute Gasteiger partial charge is 0.477 e. The number of rotatable bonds is 4. The van der Waals surface area contributed by atoms with E-state index in [-0.39, 0.29) is 5.69 Å². The highest BCUT2D eigenvalue weighted by Gasteiger charge is 2.37. The van der Waals surface area contributed by atoms with E-state index in [1.807, 2.05) is 35.2 Å². The van der Waals surface area contributed by atoms with E-state index in [1.165, 1.54) is 6.07 Å². The first-order chi connectivity index (χ1) is 12.0. The summed E-state index contributed by atoms with van der Waals surface area (Å²) in [6.45, 7) is 0.998. The molecule has 3 aromatic rings. The first kappa shape index (κ1) is 15.6. The molecule has 4 rings (SSSR count). The van der Waals surface area contributed by atoms with Gasteiger partial charge in [-0.25, -0.2) is 14.8 Å². The summed E-state index contributed by atoms with van der Waals surface area (Å²) in [7, 11) is 0. The maximum absolute atomic E-state index is 11.3. The van der Waals surface area contributed by atoms with Gasteiger partial charge in [-0.15, -0.1) is 0 Å². The Morgan fingerprint density at radius 1 is 1.28 bits per heavy atom. The average Bonchev–Trinajstić information content (AvgIpc) is 3.21. The number of nitrogens with zero attached hydrogens (tertiary/aromatic N) is 4. The van der Waals surface area contributed by atoms with Crippen LogP contribution < -0.4 is 4.90 Å². The smallest absolute Gasteiger partial charge is 0.354 e. The highest BCUT2D eigenvalue weighted by atomic mass is 16.4. The summed E-state index contributed by atoms with van der Waals surface area (Å²) in [6, 6.07) is 11.3. The molecule has 0 radical (unpaired) electrons. The number of carboxylic acids is 1. The molecule has 2 N–H and O–H groups in total. The van der Waals surface area contributed by atoms with Crippen molar-refractivity contribution in [1.29, 1.82) is 0 Å². The number of carbonyl (C=O) groups is 1. The fourth-order valence-electron chi connectivity index (χ4n) is 3.39. The topological polar surface area (TPSA) is 91.0 Å². The van der Waals surface area contributed by atoms with Gasteiger partial charge in [-0.3, -0.25) is 4.40 Å². The third-order valence-electron chi connectivity index (χ3n) is 4.58. The molecular formula is C18H18N4O3. The number of benzene rings is 1. The number of aromatic nitrogens is 3. The second kappa shape index (κ2) is 5.86. The Morgan fingerprint density at radius 2 is 2.08 bits per heavy atom. The molecule has 1 saturated heterocycles. The van der Waals surface area contributed by atoms with E-state index in [1.54, 1.807) is 16.8 Å². The van der Waals surface area contributed by atoms with E-state index >= 15 is 0 Å². The van der Waals surface area contributed by atoms with Gasteiger partial charge in [0.15, 0.2) is 5.69 Å². The molecule has 1 atom stereocenters. The van der Waals surface area contributed by atoms with Crippen LogP contribution in [0.5, 0.6) is 0 Å². The maximum Gasteiger partial charge on any atom is 0.354 e. The molecule has 25 heavy (non-hydrogen) atoms. The minimum Gasteiger partial charge on any atom is -0.477 e. The lowest BCUT2D eigenvalue weighted by Gasteiger charge is -2.24. The molecule has 1 aliphatic rings. The summed E-state index contributed by atoms with van der Waals surface area (Å²) in [5, 5.41) is 20.2. The van der Waals surface area contributed by atoms with E-state index in [0.717, 1.165) is 5.56 Å². The zero-order valence-electron chi connectivity index (χ0n) is 13.5. The predicted octanol–water partition coefficient (Wildman–Crippen LogP) is 1.61. The van der Waals surface area contributed by atoms with Crippen LogP contribution in [-0.2, 0) is 6.42 Å². The number of hydrogen-bond acceptors (Lipinski definition) is 5. The van der Waals surface area contributed by atoms with Crippen molar-refractivity contribution in [2.24, 2.45) is 0 Å². The third kappa shape index (κ3) is 2.94. The van der Waals surface area contributed by atoms with Gasteiger partial charge >= 0.3 is 5.97 Å². The zero-order chi connectivity index (χ0) is 17.4. The van der Waals surface area contributed by atoms with Crippen LogP contribution in [0, 0.1) is 0 Å². The average molecular weight is 338 g/mol. The fraction of sp³-hybridized carbons (Fsp3) is 0.278. The molecule has 7 heteroatoms. The SMILES string of the molecule is O=C(O)c1cc2nccn2c(N2CCC(O)(Cc3ccccc3)C2)n1.